The summed E-state index contributed by atoms with van der Waals surface area (Å²) in [7, 11) is 0. The van der Waals surface area contributed by atoms with Crippen LogP contribution in [0.2, 0.25) is 0 Å². The van der Waals surface area contributed by atoms with Crippen molar-refractivity contribution in [2.75, 3.05) is 13.2 Å². The number of ether oxygens (including phenoxy) is 1. The third kappa shape index (κ3) is 3.83. The normalized spacial score (nSPS) is 16.6. The van der Waals surface area contributed by atoms with Crippen molar-refractivity contribution >= 4 is 46.3 Å². The molecule has 0 bridgehead atoms. The van der Waals surface area contributed by atoms with Gasteiger partial charge in [-0.25, -0.2) is 0 Å². The molecule has 7 heteroatoms. The molecular weight excluding hydrogens is 310 g/mol. The minimum Gasteiger partial charge on any atom is -0.494 e. The summed E-state index contributed by atoms with van der Waals surface area (Å²) in [6.45, 7) is 2.04. The average molecular weight is 323 g/mol. The summed E-state index contributed by atoms with van der Waals surface area (Å²) in [5.41, 5.74) is 0.803. The van der Waals surface area contributed by atoms with Crippen LogP contribution in [0.4, 0.5) is 0 Å². The summed E-state index contributed by atoms with van der Waals surface area (Å²) in [4.78, 5) is 24.3. The molecular formula is C14H13NO4S2. The van der Waals surface area contributed by atoms with Gasteiger partial charge in [0.25, 0.3) is 5.91 Å². The van der Waals surface area contributed by atoms with E-state index in [-0.39, 0.29) is 10.2 Å². The largest absolute Gasteiger partial charge is 0.494 e. The minimum absolute atomic E-state index is 0.259. The average Bonchev–Trinajstić information content (AvgIpc) is 2.67. The Morgan fingerprint density at radius 1 is 1.52 bits per heavy atom. The number of carbonyl (C=O) groups is 2. The van der Waals surface area contributed by atoms with Crippen LogP contribution in [0.25, 0.3) is 6.08 Å². The quantitative estimate of drug-likeness (QED) is 0.663. The molecule has 1 fully saturated rings. The molecule has 1 aliphatic rings. The molecule has 1 heterocycles. The predicted octanol–water partition coefficient (Wildman–Crippen LogP) is 2.37. The van der Waals surface area contributed by atoms with Crippen molar-refractivity contribution in [3.63, 3.8) is 0 Å². The second kappa shape index (κ2) is 6.73. The van der Waals surface area contributed by atoms with Crippen LogP contribution in [0.1, 0.15) is 12.5 Å². The van der Waals surface area contributed by atoms with Crippen molar-refractivity contribution in [3.8, 4) is 5.75 Å². The van der Waals surface area contributed by atoms with Crippen molar-refractivity contribution in [1.82, 2.24) is 4.90 Å². The van der Waals surface area contributed by atoms with Crippen LogP contribution in [0.3, 0.4) is 0 Å². The highest BCUT2D eigenvalue weighted by Gasteiger charge is 2.33. The number of carboxylic acids is 1. The minimum atomic E-state index is -1.09. The van der Waals surface area contributed by atoms with Crippen LogP contribution in [-0.4, -0.2) is 39.4 Å². The van der Waals surface area contributed by atoms with E-state index in [0.29, 0.717) is 17.3 Å². The van der Waals surface area contributed by atoms with E-state index in [4.69, 9.17) is 22.1 Å². The molecule has 21 heavy (non-hydrogen) atoms. The Balaban J connectivity index is 2.22. The Morgan fingerprint density at radius 3 is 2.95 bits per heavy atom. The number of hydrogen-bond donors (Lipinski definition) is 1. The van der Waals surface area contributed by atoms with Gasteiger partial charge in [-0.2, -0.15) is 0 Å². The molecule has 0 aliphatic carbocycles. The number of carbonyl (C=O) groups excluding carboxylic acids is 1. The van der Waals surface area contributed by atoms with Crippen LogP contribution in [0, 0.1) is 0 Å². The zero-order valence-electron chi connectivity index (χ0n) is 11.2. The maximum atomic E-state index is 12.1. The first-order valence-corrected chi connectivity index (χ1v) is 7.43. The number of thiocarbonyl (C=S) groups is 1. The molecule has 5 nitrogen and oxygen atoms in total. The van der Waals surface area contributed by atoms with E-state index in [1.54, 1.807) is 6.08 Å². The lowest BCUT2D eigenvalue weighted by molar-refractivity contribution is -0.140. The van der Waals surface area contributed by atoms with Crippen LogP contribution in [-0.2, 0) is 9.59 Å². The monoisotopic (exact) mass is 323 g/mol. The van der Waals surface area contributed by atoms with E-state index in [9.17, 15) is 9.59 Å². The van der Waals surface area contributed by atoms with Gasteiger partial charge in [0.1, 0.15) is 16.6 Å². The molecule has 0 saturated carbocycles. The number of thioether (sulfide) groups is 1. The molecule has 0 atom stereocenters. The van der Waals surface area contributed by atoms with Gasteiger partial charge in [0.05, 0.1) is 11.5 Å². The Labute approximate surface area is 131 Å². The van der Waals surface area contributed by atoms with E-state index in [1.807, 2.05) is 31.2 Å². The van der Waals surface area contributed by atoms with Crippen LogP contribution in [0.15, 0.2) is 29.2 Å². The van der Waals surface area contributed by atoms with E-state index in [0.717, 1.165) is 22.2 Å². The highest BCUT2D eigenvalue weighted by Crippen LogP contribution is 2.32. The van der Waals surface area contributed by atoms with E-state index >= 15 is 0 Å². The van der Waals surface area contributed by atoms with E-state index in [2.05, 4.69) is 0 Å². The fraction of sp³-hybridized carbons (Fsp3) is 0.214. The SMILES string of the molecule is CCOc1cccc(/C=C2/SC(=S)N(CC(=O)O)C2=O)c1. The number of aliphatic carboxylic acids is 1. The Bertz CT molecular complexity index is 627. The van der Waals surface area contributed by atoms with Gasteiger partial charge in [-0.3, -0.25) is 14.5 Å². The molecule has 0 unspecified atom stereocenters. The summed E-state index contributed by atoms with van der Waals surface area (Å²) in [6.07, 6.45) is 1.68. The highest BCUT2D eigenvalue weighted by molar-refractivity contribution is 8.26. The molecule has 2 rings (SSSR count). The summed E-state index contributed by atoms with van der Waals surface area (Å²) >= 11 is 6.14. The first-order chi connectivity index (χ1) is 10.0. The maximum absolute atomic E-state index is 12.1. The third-order valence-corrected chi connectivity index (χ3v) is 4.01. The number of benzene rings is 1. The second-order valence-electron chi connectivity index (χ2n) is 4.17. The van der Waals surface area contributed by atoms with Gasteiger partial charge in [-0.15, -0.1) is 0 Å². The molecule has 1 aromatic rings. The molecule has 1 aliphatic heterocycles. The summed E-state index contributed by atoms with van der Waals surface area (Å²) in [5, 5.41) is 8.78. The van der Waals surface area contributed by atoms with Crippen molar-refractivity contribution in [2.45, 2.75) is 6.92 Å². The maximum Gasteiger partial charge on any atom is 0.323 e. The Kier molecular flexibility index (Phi) is 4.98. The zero-order chi connectivity index (χ0) is 15.4. The van der Waals surface area contributed by atoms with Gasteiger partial charge < -0.3 is 9.84 Å². The fourth-order valence-electron chi connectivity index (χ4n) is 1.78. The van der Waals surface area contributed by atoms with Gasteiger partial charge in [-0.05, 0) is 30.7 Å². The fourth-order valence-corrected chi connectivity index (χ4v) is 3.04. The predicted molar refractivity (Wildman–Crippen MR) is 85.1 cm³/mol. The number of nitrogens with zero attached hydrogens (tertiary/aromatic N) is 1. The van der Waals surface area contributed by atoms with Crippen LogP contribution < -0.4 is 4.74 Å². The topological polar surface area (TPSA) is 66.8 Å². The van der Waals surface area contributed by atoms with E-state index < -0.39 is 12.5 Å². The van der Waals surface area contributed by atoms with Crippen molar-refractivity contribution in [2.24, 2.45) is 0 Å². The van der Waals surface area contributed by atoms with Crippen LogP contribution >= 0.6 is 24.0 Å². The molecule has 0 radical (unpaired) electrons. The number of amides is 1. The third-order valence-electron chi connectivity index (χ3n) is 2.63. The lowest BCUT2D eigenvalue weighted by Gasteiger charge is -2.10. The van der Waals surface area contributed by atoms with Gasteiger partial charge in [-0.1, -0.05) is 36.1 Å². The molecule has 1 saturated heterocycles. The summed E-state index contributed by atoms with van der Waals surface area (Å²) in [6, 6.07) is 7.31. The first-order valence-electron chi connectivity index (χ1n) is 6.21. The lowest BCUT2D eigenvalue weighted by Crippen LogP contribution is -2.33. The van der Waals surface area contributed by atoms with Gasteiger partial charge in [0, 0.05) is 0 Å². The van der Waals surface area contributed by atoms with Gasteiger partial charge in [0.2, 0.25) is 0 Å². The Hall–Kier alpha value is -1.86. The van der Waals surface area contributed by atoms with Crippen molar-refractivity contribution in [1.29, 1.82) is 0 Å². The summed E-state index contributed by atoms with van der Waals surface area (Å²) < 4.78 is 5.66. The van der Waals surface area contributed by atoms with Crippen molar-refractivity contribution < 1.29 is 19.4 Å². The Morgan fingerprint density at radius 2 is 2.29 bits per heavy atom. The van der Waals surface area contributed by atoms with Gasteiger partial charge >= 0.3 is 5.97 Å². The lowest BCUT2D eigenvalue weighted by atomic mass is 10.2. The molecule has 1 N–H and O–H groups in total. The number of carboxylic acid groups (broad SMARTS) is 1. The molecule has 1 aromatic carbocycles. The van der Waals surface area contributed by atoms with Crippen molar-refractivity contribution in [3.05, 3.63) is 34.7 Å². The smallest absolute Gasteiger partial charge is 0.323 e. The zero-order valence-corrected chi connectivity index (χ0v) is 12.9. The second-order valence-corrected chi connectivity index (χ2v) is 5.84. The molecule has 0 spiro atoms. The van der Waals surface area contributed by atoms with Crippen LogP contribution in [0.5, 0.6) is 5.75 Å². The summed E-state index contributed by atoms with van der Waals surface area (Å²) in [5.74, 6) is -0.757. The molecule has 110 valence electrons. The highest BCUT2D eigenvalue weighted by atomic mass is 32.2. The molecule has 0 aromatic heterocycles. The first kappa shape index (κ1) is 15.5. The van der Waals surface area contributed by atoms with E-state index in [1.165, 1.54) is 0 Å². The van der Waals surface area contributed by atoms with Gasteiger partial charge in [0.15, 0.2) is 0 Å². The number of hydrogen-bond acceptors (Lipinski definition) is 5. The molecule has 1 amide bonds. The standard InChI is InChI=1S/C14H13NO4S2/c1-2-19-10-5-3-4-9(6-10)7-11-13(18)15(8-12(16)17)14(20)21-11/h3-7H,2,8H2,1H3,(H,16,17)/b11-7+. The number of rotatable bonds is 5.